The summed E-state index contributed by atoms with van der Waals surface area (Å²) < 4.78 is 37.0. The maximum atomic E-state index is 12.1. The van der Waals surface area contributed by atoms with Crippen LogP contribution >= 0.6 is 15.9 Å². The Hall–Kier alpha value is -1.24. The standard InChI is InChI=1S/C10H10BrF3N2O/c1-16(2)8-4-3-6(11)5-7(8)15-9(17)10(12,13)14/h3-5H,1-2H3,(H,15,17). The molecule has 1 aromatic carbocycles. The van der Waals surface area contributed by atoms with E-state index in [2.05, 4.69) is 15.9 Å². The van der Waals surface area contributed by atoms with Crippen LogP contribution in [0.25, 0.3) is 0 Å². The minimum Gasteiger partial charge on any atom is -0.376 e. The first-order chi connectivity index (χ1) is 7.71. The van der Waals surface area contributed by atoms with Gasteiger partial charge in [0.2, 0.25) is 0 Å². The summed E-state index contributed by atoms with van der Waals surface area (Å²) in [5, 5.41) is 1.84. The maximum absolute atomic E-state index is 12.1. The molecule has 1 N–H and O–H groups in total. The molecule has 0 spiro atoms. The number of rotatable bonds is 2. The molecule has 1 aromatic rings. The molecule has 17 heavy (non-hydrogen) atoms. The third kappa shape index (κ3) is 3.62. The number of amides is 1. The van der Waals surface area contributed by atoms with Gasteiger partial charge in [0, 0.05) is 18.6 Å². The lowest BCUT2D eigenvalue weighted by atomic mass is 10.2. The van der Waals surface area contributed by atoms with Crippen molar-refractivity contribution in [1.29, 1.82) is 0 Å². The number of nitrogens with zero attached hydrogens (tertiary/aromatic N) is 1. The molecule has 0 saturated heterocycles. The predicted octanol–water partition coefficient (Wildman–Crippen LogP) is 3.02. The summed E-state index contributed by atoms with van der Waals surface area (Å²) in [5.74, 6) is -1.99. The van der Waals surface area contributed by atoms with E-state index < -0.39 is 12.1 Å². The van der Waals surface area contributed by atoms with E-state index in [9.17, 15) is 18.0 Å². The summed E-state index contributed by atoms with van der Waals surface area (Å²) in [6, 6.07) is 4.70. The van der Waals surface area contributed by atoms with Crippen LogP contribution in [0.2, 0.25) is 0 Å². The smallest absolute Gasteiger partial charge is 0.376 e. The molecule has 0 atom stereocenters. The van der Waals surface area contributed by atoms with Crippen LogP contribution in [-0.2, 0) is 4.79 Å². The number of carbonyl (C=O) groups excluding carboxylic acids is 1. The molecule has 0 radical (unpaired) electrons. The average Bonchev–Trinajstić information content (AvgIpc) is 2.15. The van der Waals surface area contributed by atoms with Crippen LogP contribution < -0.4 is 10.2 Å². The molecule has 0 bridgehead atoms. The Morgan fingerprint density at radius 1 is 1.35 bits per heavy atom. The minimum absolute atomic E-state index is 0.103. The van der Waals surface area contributed by atoms with Crippen molar-refractivity contribution in [2.45, 2.75) is 6.18 Å². The lowest BCUT2D eigenvalue weighted by Crippen LogP contribution is -2.30. The third-order valence-corrected chi connectivity index (χ3v) is 2.44. The van der Waals surface area contributed by atoms with E-state index in [0.29, 0.717) is 10.2 Å². The molecule has 0 saturated carbocycles. The van der Waals surface area contributed by atoms with Gasteiger partial charge in [0.05, 0.1) is 11.4 Å². The second-order valence-electron chi connectivity index (χ2n) is 3.51. The van der Waals surface area contributed by atoms with Gasteiger partial charge < -0.3 is 10.2 Å². The zero-order chi connectivity index (χ0) is 13.2. The Balaban J connectivity index is 3.05. The lowest BCUT2D eigenvalue weighted by Gasteiger charge is -2.18. The number of anilines is 2. The molecule has 0 aliphatic heterocycles. The predicted molar refractivity (Wildman–Crippen MR) is 63.2 cm³/mol. The van der Waals surface area contributed by atoms with Gasteiger partial charge >= 0.3 is 12.1 Å². The molecular formula is C10H10BrF3N2O. The van der Waals surface area contributed by atoms with Crippen molar-refractivity contribution >= 4 is 33.2 Å². The Kier molecular flexibility index (Phi) is 4.03. The molecule has 1 rings (SSSR count). The van der Waals surface area contributed by atoms with Crippen LogP contribution in [0, 0.1) is 0 Å². The number of halogens is 4. The highest BCUT2D eigenvalue weighted by Crippen LogP contribution is 2.29. The van der Waals surface area contributed by atoms with Crippen molar-refractivity contribution in [2.75, 3.05) is 24.3 Å². The van der Waals surface area contributed by atoms with Crippen molar-refractivity contribution in [3.8, 4) is 0 Å². The van der Waals surface area contributed by atoms with E-state index in [1.807, 2.05) is 5.32 Å². The van der Waals surface area contributed by atoms with Crippen LogP contribution in [-0.4, -0.2) is 26.2 Å². The van der Waals surface area contributed by atoms with E-state index in [1.165, 1.54) is 6.07 Å². The Morgan fingerprint density at radius 3 is 2.41 bits per heavy atom. The molecule has 0 aliphatic carbocycles. The van der Waals surface area contributed by atoms with Crippen LogP contribution in [0.15, 0.2) is 22.7 Å². The summed E-state index contributed by atoms with van der Waals surface area (Å²) in [6.45, 7) is 0. The second-order valence-corrected chi connectivity index (χ2v) is 4.42. The minimum atomic E-state index is -4.90. The lowest BCUT2D eigenvalue weighted by molar-refractivity contribution is -0.167. The number of carbonyl (C=O) groups is 1. The molecule has 0 aromatic heterocycles. The van der Waals surface area contributed by atoms with Gasteiger partial charge in [0.15, 0.2) is 0 Å². The first kappa shape index (κ1) is 13.8. The SMILES string of the molecule is CN(C)c1ccc(Br)cc1NC(=O)C(F)(F)F. The van der Waals surface area contributed by atoms with Gasteiger partial charge in [-0.05, 0) is 18.2 Å². The Morgan fingerprint density at radius 2 is 1.94 bits per heavy atom. The molecule has 7 heteroatoms. The summed E-state index contributed by atoms with van der Waals surface area (Å²) in [6.07, 6.45) is -4.90. The highest BCUT2D eigenvalue weighted by Gasteiger charge is 2.39. The quantitative estimate of drug-likeness (QED) is 0.910. The van der Waals surface area contributed by atoms with Crippen LogP contribution in [0.4, 0.5) is 24.5 Å². The summed E-state index contributed by atoms with van der Waals surface area (Å²) >= 11 is 3.13. The molecule has 0 heterocycles. The number of hydrogen-bond acceptors (Lipinski definition) is 2. The van der Waals surface area contributed by atoms with E-state index >= 15 is 0 Å². The van der Waals surface area contributed by atoms with Crippen molar-refractivity contribution in [1.82, 2.24) is 0 Å². The number of alkyl halides is 3. The zero-order valence-electron chi connectivity index (χ0n) is 9.10. The van der Waals surface area contributed by atoms with Crippen LogP contribution in [0.5, 0.6) is 0 Å². The van der Waals surface area contributed by atoms with Crippen molar-refractivity contribution < 1.29 is 18.0 Å². The van der Waals surface area contributed by atoms with Gasteiger partial charge in [-0.15, -0.1) is 0 Å². The highest BCUT2D eigenvalue weighted by molar-refractivity contribution is 9.10. The van der Waals surface area contributed by atoms with E-state index in [0.717, 1.165) is 0 Å². The first-order valence-corrected chi connectivity index (χ1v) is 5.36. The molecule has 94 valence electrons. The molecule has 0 unspecified atom stereocenters. The molecule has 1 amide bonds. The first-order valence-electron chi connectivity index (χ1n) is 4.57. The zero-order valence-corrected chi connectivity index (χ0v) is 10.7. The van der Waals surface area contributed by atoms with Crippen molar-refractivity contribution in [3.63, 3.8) is 0 Å². The third-order valence-electron chi connectivity index (χ3n) is 1.95. The van der Waals surface area contributed by atoms with E-state index in [-0.39, 0.29) is 5.69 Å². The highest BCUT2D eigenvalue weighted by atomic mass is 79.9. The van der Waals surface area contributed by atoms with Crippen molar-refractivity contribution in [2.24, 2.45) is 0 Å². The number of benzene rings is 1. The van der Waals surface area contributed by atoms with Gasteiger partial charge in [-0.2, -0.15) is 13.2 Å². The van der Waals surface area contributed by atoms with Gasteiger partial charge in [-0.1, -0.05) is 15.9 Å². The summed E-state index contributed by atoms with van der Waals surface area (Å²) in [5.41, 5.74) is 0.595. The molecular weight excluding hydrogens is 301 g/mol. The number of nitrogens with one attached hydrogen (secondary N) is 1. The van der Waals surface area contributed by atoms with Crippen molar-refractivity contribution in [3.05, 3.63) is 22.7 Å². The number of hydrogen-bond donors (Lipinski definition) is 1. The van der Waals surface area contributed by atoms with Crippen LogP contribution in [0.1, 0.15) is 0 Å². The maximum Gasteiger partial charge on any atom is 0.471 e. The topological polar surface area (TPSA) is 32.3 Å². The largest absolute Gasteiger partial charge is 0.471 e. The van der Waals surface area contributed by atoms with Gasteiger partial charge in [-0.3, -0.25) is 4.79 Å². The molecule has 0 aliphatic rings. The molecule has 3 nitrogen and oxygen atoms in total. The fourth-order valence-electron chi connectivity index (χ4n) is 1.19. The fraction of sp³-hybridized carbons (Fsp3) is 0.300. The molecule has 0 fully saturated rings. The van der Waals surface area contributed by atoms with E-state index in [4.69, 9.17) is 0 Å². The second kappa shape index (κ2) is 4.95. The van der Waals surface area contributed by atoms with E-state index in [1.54, 1.807) is 31.1 Å². The monoisotopic (exact) mass is 310 g/mol. The van der Waals surface area contributed by atoms with Crippen LogP contribution in [0.3, 0.4) is 0 Å². The Labute approximate surface area is 105 Å². The summed E-state index contributed by atoms with van der Waals surface area (Å²) in [7, 11) is 3.35. The summed E-state index contributed by atoms with van der Waals surface area (Å²) in [4.78, 5) is 12.5. The average molecular weight is 311 g/mol. The normalized spacial score (nSPS) is 11.2. The fourth-order valence-corrected chi connectivity index (χ4v) is 1.55. The van der Waals surface area contributed by atoms with Gasteiger partial charge in [0.1, 0.15) is 0 Å². The van der Waals surface area contributed by atoms with Gasteiger partial charge in [-0.25, -0.2) is 0 Å². The Bertz CT molecular complexity index is 432. The van der Waals surface area contributed by atoms with Gasteiger partial charge in [0.25, 0.3) is 0 Å².